The van der Waals surface area contributed by atoms with Gasteiger partial charge in [0.1, 0.15) is 34.0 Å². The number of benzene rings is 6. The first-order valence-corrected chi connectivity index (χ1v) is 23.9. The van der Waals surface area contributed by atoms with Crippen molar-refractivity contribution < 1.29 is 61.2 Å². The third-order valence-electron chi connectivity index (χ3n) is 12.6. The monoisotopic (exact) mass is 1360 g/mol. The molecule has 0 radical (unpaired) electrons. The molecule has 0 spiro atoms. The van der Waals surface area contributed by atoms with Gasteiger partial charge in [0.15, 0.2) is 0 Å². The molecule has 0 atom stereocenters. The molecule has 0 saturated carbocycles. The molecular weight excluding hydrogens is 1310 g/mol. The van der Waals surface area contributed by atoms with Gasteiger partial charge >= 0.3 is 42.1 Å². The fourth-order valence-electron chi connectivity index (χ4n) is 9.16. The second-order valence-corrected chi connectivity index (χ2v) is 17.7. The maximum Gasteiger partial charge on any atom is 2.00 e. The van der Waals surface area contributed by atoms with Gasteiger partial charge < -0.3 is 38.6 Å². The summed E-state index contributed by atoms with van der Waals surface area (Å²) in [5.41, 5.74) is 13.7. The Balaban J connectivity index is 0.000000141. The molecule has 2 N–H and O–H groups in total. The van der Waals surface area contributed by atoms with Crippen LogP contribution in [0, 0.1) is 39.3 Å². The van der Waals surface area contributed by atoms with E-state index in [4.69, 9.17) is 29.0 Å². The molecule has 2 aliphatic rings. The molecule has 380 valence electrons. The Morgan fingerprint density at radius 2 is 0.855 bits per heavy atom. The molecule has 8 heterocycles. The molecule has 2 aliphatic heterocycles. The van der Waals surface area contributed by atoms with Crippen molar-refractivity contribution in [3.63, 3.8) is 0 Å². The van der Waals surface area contributed by atoms with Gasteiger partial charge in [-0.15, -0.1) is 11.4 Å². The molecule has 0 bridgehead atoms. The predicted molar refractivity (Wildman–Crippen MR) is 295 cm³/mol. The van der Waals surface area contributed by atoms with Crippen molar-refractivity contribution in [3.8, 4) is 34.0 Å². The summed E-state index contributed by atoms with van der Waals surface area (Å²) in [5.74, 6) is 1.99. The van der Waals surface area contributed by atoms with Crippen LogP contribution in [0.4, 0.5) is 34.4 Å². The van der Waals surface area contributed by atoms with Crippen LogP contribution in [0.1, 0.15) is 11.4 Å². The Labute approximate surface area is 469 Å². The second-order valence-electron chi connectivity index (χ2n) is 17.7. The molecule has 0 saturated heterocycles. The Hall–Kier alpha value is -8.30. The van der Waals surface area contributed by atoms with E-state index in [1.54, 1.807) is 24.3 Å². The van der Waals surface area contributed by atoms with Crippen molar-refractivity contribution in [3.05, 3.63) is 231 Å². The van der Waals surface area contributed by atoms with Crippen LogP contribution in [-0.2, 0) is 42.1 Å². The van der Waals surface area contributed by atoms with Gasteiger partial charge in [-0.05, 0) is 87.6 Å². The predicted octanol–water partition coefficient (Wildman–Crippen LogP) is 14.5. The number of furan rings is 2. The number of aromatic nitrogens is 4. The third-order valence-corrected chi connectivity index (χ3v) is 12.6. The number of fused-ring (bicyclic) bond motifs is 8. The number of pyridine rings is 4. The van der Waals surface area contributed by atoms with Crippen LogP contribution < -0.4 is 19.6 Å². The first kappa shape index (κ1) is 52.6. The van der Waals surface area contributed by atoms with Crippen molar-refractivity contribution in [1.29, 1.82) is 0 Å². The van der Waals surface area contributed by atoms with Crippen LogP contribution in [0.25, 0.3) is 66.1 Å². The summed E-state index contributed by atoms with van der Waals surface area (Å²) in [6, 6.07) is 65.8. The van der Waals surface area contributed by atoms with E-state index in [1.165, 1.54) is 0 Å². The van der Waals surface area contributed by atoms with Crippen LogP contribution in [0.5, 0.6) is 11.8 Å². The van der Waals surface area contributed by atoms with Crippen molar-refractivity contribution >= 4 is 78.3 Å². The Kier molecular flexibility index (Phi) is 16.0. The fraction of sp³-hybridized carbons (Fsp3) is 0.0645. The number of hydrogen-bond donors (Lipinski definition) is 2. The third kappa shape index (κ3) is 10.8. The van der Waals surface area contributed by atoms with Gasteiger partial charge in [0, 0.05) is 68.6 Å². The molecule has 12 aromatic rings. The summed E-state index contributed by atoms with van der Waals surface area (Å²) in [5, 5.41) is 21.9. The summed E-state index contributed by atoms with van der Waals surface area (Å²) >= 11 is 0. The minimum atomic E-state index is 0. The number of nitrogens with zero attached hydrogens (tertiary/aromatic N) is 8. The molecule has 14 rings (SSSR count). The fourth-order valence-corrected chi connectivity index (χ4v) is 9.16. The first-order valence-electron chi connectivity index (χ1n) is 23.9. The van der Waals surface area contributed by atoms with E-state index in [9.17, 15) is 0 Å². The SMILES string of the molecule is CN1[CH-]N(c2[c-]cccc2)c2ncc(-c3cccc4oc5ccccc5c34)cc21.CN1[CH-]N(c2[c-]cccc2)c2ncc(-c3cccc4oc5ccccc5c34)cc21.Cc1cccc(O)n1.Cc1cccc(O)n1.[Pt+2].[Pt+2]. The van der Waals surface area contributed by atoms with E-state index in [1.807, 2.05) is 175 Å². The van der Waals surface area contributed by atoms with Crippen molar-refractivity contribution in [2.24, 2.45) is 0 Å². The van der Waals surface area contributed by atoms with Crippen LogP contribution in [0.2, 0.25) is 0 Å². The summed E-state index contributed by atoms with van der Waals surface area (Å²) in [7, 11) is 4.09. The van der Waals surface area contributed by atoms with E-state index in [0.29, 0.717) is 0 Å². The Bertz CT molecular complexity index is 3660. The topological polar surface area (TPSA) is 131 Å². The minimum Gasteiger partial charge on any atom is -0.502 e. The number of aryl methyl sites for hydroxylation is 2. The number of hydrogen-bond acceptors (Lipinski definition) is 12. The molecule has 12 nitrogen and oxygen atoms in total. The number of aromatic hydroxyl groups is 2. The average Bonchev–Trinajstić information content (AvgIpc) is 4.20. The van der Waals surface area contributed by atoms with Crippen LogP contribution in [0.3, 0.4) is 0 Å². The van der Waals surface area contributed by atoms with Gasteiger partial charge in [-0.2, -0.15) is 74.0 Å². The van der Waals surface area contributed by atoms with Crippen LogP contribution in [-0.4, -0.2) is 44.2 Å². The Morgan fingerprint density at radius 3 is 1.24 bits per heavy atom. The summed E-state index contributed by atoms with van der Waals surface area (Å²) < 4.78 is 12.1. The molecule has 14 heteroatoms. The van der Waals surface area contributed by atoms with Crippen molar-refractivity contribution in [2.75, 3.05) is 33.7 Å². The Morgan fingerprint density at radius 1 is 0.461 bits per heavy atom. The summed E-state index contributed by atoms with van der Waals surface area (Å²) in [6.45, 7) is 7.75. The zero-order valence-corrected chi connectivity index (χ0v) is 46.1. The van der Waals surface area contributed by atoms with Gasteiger partial charge in [0.25, 0.3) is 0 Å². The van der Waals surface area contributed by atoms with Gasteiger partial charge in [-0.1, -0.05) is 72.8 Å². The van der Waals surface area contributed by atoms with Crippen LogP contribution >= 0.6 is 0 Å². The molecule has 6 aromatic heterocycles. The normalized spacial score (nSPS) is 12.2. The molecule has 6 aromatic carbocycles. The summed E-state index contributed by atoms with van der Waals surface area (Å²) in [6.07, 6.45) is 3.89. The van der Waals surface area contributed by atoms with E-state index in [-0.39, 0.29) is 53.9 Å². The zero-order valence-electron chi connectivity index (χ0n) is 41.6. The largest absolute Gasteiger partial charge is 2.00 e. The quantitative estimate of drug-likeness (QED) is 0.163. The molecule has 76 heavy (non-hydrogen) atoms. The van der Waals surface area contributed by atoms with Crippen LogP contribution in [0.15, 0.2) is 203 Å². The zero-order chi connectivity index (χ0) is 50.7. The van der Waals surface area contributed by atoms with E-state index < -0.39 is 0 Å². The second kappa shape index (κ2) is 23.1. The van der Waals surface area contributed by atoms with E-state index >= 15 is 0 Å². The number of anilines is 6. The molecular formula is C62H48N8O4Pt2. The van der Waals surface area contributed by atoms with Gasteiger partial charge in [-0.25, -0.2) is 19.9 Å². The minimum absolute atomic E-state index is 0. The van der Waals surface area contributed by atoms with E-state index in [2.05, 4.69) is 78.1 Å². The maximum absolute atomic E-state index is 8.70. The van der Waals surface area contributed by atoms with Crippen molar-refractivity contribution in [2.45, 2.75) is 13.8 Å². The van der Waals surface area contributed by atoms with E-state index in [0.717, 1.165) is 112 Å². The first-order chi connectivity index (χ1) is 36.2. The molecule has 0 amide bonds. The van der Waals surface area contributed by atoms with Gasteiger partial charge in [-0.3, -0.25) is 0 Å². The van der Waals surface area contributed by atoms with Crippen molar-refractivity contribution in [1.82, 2.24) is 19.9 Å². The smallest absolute Gasteiger partial charge is 0.502 e. The molecule has 0 fully saturated rings. The molecule has 0 aliphatic carbocycles. The number of para-hydroxylation sites is 4. The summed E-state index contributed by atoms with van der Waals surface area (Å²) in [4.78, 5) is 25.4. The standard InChI is InChI=1S/2C25H17N3O.2C6H7NO.2Pt/c2*1-27-16-28(18-8-3-2-4-9-18)25-21(27)14-17(15-26-25)19-11-7-13-23-24(19)20-10-5-6-12-22(20)29-23;2*1-5-3-2-4-6(8)7-5;;/h2*2-8,10-16H,1H3;2*2-4H,1H3,(H,7,8);;/q2*-2;;;2*+2. The maximum atomic E-state index is 8.70. The molecule has 0 unspecified atom stereocenters. The van der Waals surface area contributed by atoms with Gasteiger partial charge in [0.2, 0.25) is 11.8 Å². The van der Waals surface area contributed by atoms with Gasteiger partial charge in [0.05, 0.1) is 11.4 Å². The number of rotatable bonds is 4. The average molecular weight is 1360 g/mol.